The molecule has 0 unspecified atom stereocenters. The summed E-state index contributed by atoms with van der Waals surface area (Å²) in [4.78, 5) is 28.1. The Morgan fingerprint density at radius 2 is 1.72 bits per heavy atom. The van der Waals surface area contributed by atoms with Crippen molar-refractivity contribution in [2.24, 2.45) is 0 Å². The molecule has 1 saturated heterocycles. The zero-order valence-corrected chi connectivity index (χ0v) is 14.6. The molecule has 0 saturated carbocycles. The number of anilines is 2. The highest BCUT2D eigenvalue weighted by atomic mass is 16.2. The number of hydrogen-bond acceptors (Lipinski definition) is 4. The fourth-order valence-corrected chi connectivity index (χ4v) is 2.97. The van der Waals surface area contributed by atoms with Crippen LogP contribution < -0.4 is 10.2 Å². The lowest BCUT2D eigenvalue weighted by Crippen LogP contribution is -2.36. The van der Waals surface area contributed by atoms with Crippen molar-refractivity contribution in [1.29, 1.82) is 0 Å². The van der Waals surface area contributed by atoms with Crippen LogP contribution in [0.1, 0.15) is 12.0 Å². The van der Waals surface area contributed by atoms with Gasteiger partial charge in [0.2, 0.25) is 5.91 Å². The van der Waals surface area contributed by atoms with E-state index in [1.807, 2.05) is 73.6 Å². The van der Waals surface area contributed by atoms with Gasteiger partial charge in [-0.1, -0.05) is 30.3 Å². The Labute approximate surface area is 148 Å². The largest absolute Gasteiger partial charge is 0.378 e. The monoisotopic (exact) mass is 337 g/mol. The van der Waals surface area contributed by atoms with Crippen molar-refractivity contribution >= 4 is 23.2 Å². The number of amides is 2. The van der Waals surface area contributed by atoms with Crippen molar-refractivity contribution < 1.29 is 9.59 Å². The number of nitrogens with zero attached hydrogens (tertiary/aromatic N) is 2. The van der Waals surface area contributed by atoms with Crippen molar-refractivity contribution in [2.45, 2.75) is 18.9 Å². The third-order valence-electron chi connectivity index (χ3n) is 4.44. The van der Waals surface area contributed by atoms with Crippen LogP contribution in [0.4, 0.5) is 11.4 Å². The lowest BCUT2D eigenvalue weighted by atomic mass is 10.1. The molecular formula is C20H23N3O2. The molecule has 1 aliphatic heterocycles. The van der Waals surface area contributed by atoms with E-state index in [-0.39, 0.29) is 18.2 Å². The average molecular weight is 337 g/mol. The van der Waals surface area contributed by atoms with Gasteiger partial charge in [-0.2, -0.15) is 0 Å². The molecule has 2 aromatic carbocycles. The molecule has 0 aliphatic carbocycles. The topological polar surface area (TPSA) is 52.7 Å². The minimum absolute atomic E-state index is 0.108. The van der Waals surface area contributed by atoms with Crippen molar-refractivity contribution in [3.8, 4) is 0 Å². The van der Waals surface area contributed by atoms with Gasteiger partial charge in [0, 0.05) is 32.0 Å². The fourth-order valence-electron chi connectivity index (χ4n) is 2.97. The first-order chi connectivity index (χ1) is 12.0. The van der Waals surface area contributed by atoms with Crippen LogP contribution in [0.15, 0.2) is 54.6 Å². The van der Waals surface area contributed by atoms with E-state index < -0.39 is 6.04 Å². The highest BCUT2D eigenvalue weighted by Crippen LogP contribution is 2.21. The summed E-state index contributed by atoms with van der Waals surface area (Å²) in [6.07, 6.45) is 0.894. The molecule has 25 heavy (non-hydrogen) atoms. The molecule has 5 nitrogen and oxygen atoms in total. The summed E-state index contributed by atoms with van der Waals surface area (Å²) in [6, 6.07) is 17.2. The molecule has 1 heterocycles. The number of imide groups is 1. The summed E-state index contributed by atoms with van der Waals surface area (Å²) in [5.41, 5.74) is 3.06. The Hall–Kier alpha value is -2.82. The minimum Gasteiger partial charge on any atom is -0.378 e. The molecule has 2 aromatic rings. The molecule has 5 heteroatoms. The maximum Gasteiger partial charge on any atom is 0.252 e. The maximum atomic E-state index is 12.6. The number of nitrogens with one attached hydrogen (secondary N) is 1. The molecule has 1 fully saturated rings. The molecule has 0 aromatic heterocycles. The van der Waals surface area contributed by atoms with Gasteiger partial charge in [0.15, 0.2) is 0 Å². The van der Waals surface area contributed by atoms with Gasteiger partial charge >= 0.3 is 0 Å². The van der Waals surface area contributed by atoms with Crippen LogP contribution in [-0.4, -0.2) is 43.4 Å². The van der Waals surface area contributed by atoms with E-state index in [2.05, 4.69) is 5.32 Å². The van der Waals surface area contributed by atoms with Crippen LogP contribution in [0.2, 0.25) is 0 Å². The van der Waals surface area contributed by atoms with E-state index in [1.165, 1.54) is 4.90 Å². The second-order valence-corrected chi connectivity index (χ2v) is 6.46. The molecule has 0 spiro atoms. The van der Waals surface area contributed by atoms with E-state index >= 15 is 0 Å². The summed E-state index contributed by atoms with van der Waals surface area (Å²) in [5, 5.41) is 3.18. The van der Waals surface area contributed by atoms with Crippen LogP contribution in [-0.2, 0) is 16.0 Å². The lowest BCUT2D eigenvalue weighted by Gasteiger charge is -2.17. The Balaban J connectivity index is 1.60. The van der Waals surface area contributed by atoms with Gasteiger partial charge in [-0.15, -0.1) is 0 Å². The van der Waals surface area contributed by atoms with Crippen LogP contribution in [0.3, 0.4) is 0 Å². The summed E-state index contributed by atoms with van der Waals surface area (Å²) in [6.45, 7) is 0.430. The van der Waals surface area contributed by atoms with Gasteiger partial charge in [-0.05, 0) is 36.2 Å². The summed E-state index contributed by atoms with van der Waals surface area (Å²) in [7, 11) is 3.96. The number of hydrogen-bond donors (Lipinski definition) is 1. The van der Waals surface area contributed by atoms with E-state index in [4.69, 9.17) is 0 Å². The number of rotatable bonds is 6. The molecular weight excluding hydrogens is 314 g/mol. The van der Waals surface area contributed by atoms with Crippen LogP contribution >= 0.6 is 0 Å². The Bertz CT molecular complexity index is 741. The van der Waals surface area contributed by atoms with Crippen LogP contribution in [0, 0.1) is 0 Å². The summed E-state index contributed by atoms with van der Waals surface area (Å²) < 4.78 is 0. The van der Waals surface area contributed by atoms with Crippen molar-refractivity contribution in [3.05, 3.63) is 60.2 Å². The second-order valence-electron chi connectivity index (χ2n) is 6.46. The number of carbonyl (C=O) groups is 2. The molecule has 3 rings (SSSR count). The zero-order chi connectivity index (χ0) is 17.8. The van der Waals surface area contributed by atoms with Gasteiger partial charge in [0.25, 0.3) is 5.91 Å². The van der Waals surface area contributed by atoms with Crippen molar-refractivity contribution in [3.63, 3.8) is 0 Å². The van der Waals surface area contributed by atoms with Crippen LogP contribution in [0.5, 0.6) is 0 Å². The zero-order valence-electron chi connectivity index (χ0n) is 14.6. The van der Waals surface area contributed by atoms with E-state index in [9.17, 15) is 9.59 Å². The average Bonchev–Trinajstić information content (AvgIpc) is 2.88. The van der Waals surface area contributed by atoms with Gasteiger partial charge < -0.3 is 10.2 Å². The quantitative estimate of drug-likeness (QED) is 0.823. The predicted molar refractivity (Wildman–Crippen MR) is 99.7 cm³/mol. The highest BCUT2D eigenvalue weighted by Gasteiger charge is 2.38. The molecule has 130 valence electrons. The second kappa shape index (κ2) is 7.38. The first-order valence-corrected chi connectivity index (χ1v) is 8.46. The number of benzene rings is 2. The molecule has 1 aliphatic rings. The maximum absolute atomic E-state index is 12.6. The lowest BCUT2D eigenvalue weighted by molar-refractivity contribution is -0.138. The first kappa shape index (κ1) is 17.0. The molecule has 1 atom stereocenters. The molecule has 1 N–H and O–H groups in total. The van der Waals surface area contributed by atoms with Gasteiger partial charge in [0.1, 0.15) is 6.04 Å². The third kappa shape index (κ3) is 3.99. The normalized spacial score (nSPS) is 17.0. The third-order valence-corrected chi connectivity index (χ3v) is 4.44. The van der Waals surface area contributed by atoms with E-state index in [1.54, 1.807) is 0 Å². The minimum atomic E-state index is -0.478. The molecule has 2 amide bonds. The van der Waals surface area contributed by atoms with Crippen molar-refractivity contribution in [1.82, 2.24) is 4.90 Å². The molecule has 0 radical (unpaired) electrons. The predicted octanol–water partition coefficient (Wildman–Crippen LogP) is 2.53. The van der Waals surface area contributed by atoms with E-state index in [0.717, 1.165) is 16.9 Å². The fraction of sp³-hybridized carbons (Fsp3) is 0.300. The first-order valence-electron chi connectivity index (χ1n) is 8.46. The number of carbonyl (C=O) groups excluding carboxylic acids is 2. The van der Waals surface area contributed by atoms with Gasteiger partial charge in [-0.3, -0.25) is 14.5 Å². The molecule has 0 bridgehead atoms. The standard InChI is InChI=1S/C20H23N3O2/c1-22(2)17-10-8-16(9-11-17)21-18-14-19(24)23(20(18)25)13-12-15-6-4-3-5-7-15/h3-11,18,21H,12-14H2,1-2H3/t18-/m0/s1. The van der Waals surface area contributed by atoms with Crippen molar-refractivity contribution in [2.75, 3.05) is 30.9 Å². The summed E-state index contributed by atoms with van der Waals surface area (Å²) in [5.74, 6) is -0.249. The highest BCUT2D eigenvalue weighted by molar-refractivity contribution is 6.06. The van der Waals surface area contributed by atoms with E-state index in [0.29, 0.717) is 13.0 Å². The smallest absolute Gasteiger partial charge is 0.252 e. The number of likely N-dealkylation sites (tertiary alicyclic amines) is 1. The SMILES string of the molecule is CN(C)c1ccc(N[C@H]2CC(=O)N(CCc3ccccc3)C2=O)cc1. The van der Waals surface area contributed by atoms with Gasteiger partial charge in [-0.25, -0.2) is 0 Å². The van der Waals surface area contributed by atoms with Gasteiger partial charge in [0.05, 0.1) is 6.42 Å². The Morgan fingerprint density at radius 3 is 2.36 bits per heavy atom. The Morgan fingerprint density at radius 1 is 1.04 bits per heavy atom. The summed E-state index contributed by atoms with van der Waals surface area (Å²) >= 11 is 0. The Kier molecular flexibility index (Phi) is 5.03. The van der Waals surface area contributed by atoms with Crippen LogP contribution in [0.25, 0.3) is 0 Å².